The molecule has 24 heavy (non-hydrogen) atoms. The van der Waals surface area contributed by atoms with Crippen molar-refractivity contribution < 1.29 is 8.42 Å². The summed E-state index contributed by atoms with van der Waals surface area (Å²) in [6.07, 6.45) is 2.92. The van der Waals surface area contributed by atoms with Crippen LogP contribution in [0.4, 0.5) is 0 Å². The first-order valence-corrected chi connectivity index (χ1v) is 10.7. The summed E-state index contributed by atoms with van der Waals surface area (Å²) in [5.41, 5.74) is 0. The summed E-state index contributed by atoms with van der Waals surface area (Å²) in [7, 11) is -3.10. The van der Waals surface area contributed by atoms with Crippen LogP contribution in [-0.4, -0.2) is 46.8 Å². The van der Waals surface area contributed by atoms with E-state index in [4.69, 9.17) is 0 Å². The highest BCUT2D eigenvalue weighted by Gasteiger charge is 2.05. The topological polar surface area (TPSA) is 82.6 Å². The Morgan fingerprint density at radius 2 is 2.08 bits per heavy atom. The maximum Gasteiger partial charge on any atom is 0.208 e. The maximum atomic E-state index is 11.0. The zero-order chi connectivity index (χ0) is 17.1. The standard InChI is InChI=1S/C15H28N4O2S2.HI/c1-4-16-15(17-8-6-9-19-23(3,20)21)18-12-13(2)11-14-7-5-10-22-14;/h5,7,10,13,19H,4,6,8-9,11-12H2,1-3H3,(H2,16,17,18);1H. The van der Waals surface area contributed by atoms with Gasteiger partial charge in [-0.2, -0.15) is 0 Å². The average Bonchev–Trinajstić information content (AvgIpc) is 2.96. The maximum absolute atomic E-state index is 11.0. The smallest absolute Gasteiger partial charge is 0.208 e. The molecule has 0 aromatic carbocycles. The van der Waals surface area contributed by atoms with Crippen molar-refractivity contribution in [3.63, 3.8) is 0 Å². The van der Waals surface area contributed by atoms with Crippen molar-refractivity contribution in [1.82, 2.24) is 15.4 Å². The summed E-state index contributed by atoms with van der Waals surface area (Å²) < 4.78 is 24.4. The van der Waals surface area contributed by atoms with Gasteiger partial charge in [0, 0.05) is 31.1 Å². The number of nitrogens with zero attached hydrogens (tertiary/aromatic N) is 1. The zero-order valence-corrected chi connectivity index (χ0v) is 18.5. The Balaban J connectivity index is 0.00000529. The molecule has 0 aliphatic heterocycles. The van der Waals surface area contributed by atoms with Crippen molar-refractivity contribution in [2.75, 3.05) is 32.4 Å². The zero-order valence-electron chi connectivity index (χ0n) is 14.5. The highest BCUT2D eigenvalue weighted by Crippen LogP contribution is 2.14. The van der Waals surface area contributed by atoms with Gasteiger partial charge in [0.15, 0.2) is 5.96 Å². The Morgan fingerprint density at radius 3 is 2.67 bits per heavy atom. The molecule has 0 saturated heterocycles. The van der Waals surface area contributed by atoms with Crippen LogP contribution in [0.5, 0.6) is 0 Å². The third-order valence-corrected chi connectivity index (χ3v) is 4.67. The molecule has 0 aliphatic rings. The van der Waals surface area contributed by atoms with E-state index in [1.165, 1.54) is 11.1 Å². The Kier molecular flexibility index (Phi) is 12.7. The summed E-state index contributed by atoms with van der Waals surface area (Å²) >= 11 is 1.78. The molecule has 9 heteroatoms. The van der Waals surface area contributed by atoms with Gasteiger partial charge in [-0.15, -0.1) is 35.3 Å². The second-order valence-corrected chi connectivity index (χ2v) is 8.42. The third kappa shape index (κ3) is 12.0. The molecular weight excluding hydrogens is 459 g/mol. The number of sulfonamides is 1. The van der Waals surface area contributed by atoms with Crippen molar-refractivity contribution in [1.29, 1.82) is 0 Å². The van der Waals surface area contributed by atoms with Crippen LogP contribution in [0.25, 0.3) is 0 Å². The van der Waals surface area contributed by atoms with Gasteiger partial charge in [-0.1, -0.05) is 13.0 Å². The lowest BCUT2D eigenvalue weighted by molar-refractivity contribution is 0.583. The minimum absolute atomic E-state index is 0. The monoisotopic (exact) mass is 488 g/mol. The number of halogens is 1. The molecule has 1 rings (SSSR count). The number of guanidine groups is 1. The molecular formula is C15H29IN4O2S2. The quantitative estimate of drug-likeness (QED) is 0.204. The van der Waals surface area contributed by atoms with Crippen LogP contribution in [0.2, 0.25) is 0 Å². The van der Waals surface area contributed by atoms with Gasteiger partial charge in [-0.05, 0) is 37.1 Å². The summed E-state index contributed by atoms with van der Waals surface area (Å²) in [4.78, 5) is 5.99. The molecule has 0 radical (unpaired) electrons. The number of rotatable bonds is 10. The minimum Gasteiger partial charge on any atom is -0.357 e. The van der Waals surface area contributed by atoms with E-state index >= 15 is 0 Å². The van der Waals surface area contributed by atoms with Crippen molar-refractivity contribution in [3.8, 4) is 0 Å². The summed E-state index contributed by atoms with van der Waals surface area (Å²) in [6, 6.07) is 4.23. The van der Waals surface area contributed by atoms with E-state index < -0.39 is 10.0 Å². The minimum atomic E-state index is -3.10. The fraction of sp³-hybridized carbons (Fsp3) is 0.667. The SMILES string of the molecule is CCNC(=NCC(C)Cc1cccs1)NCCCNS(C)(=O)=O.I. The normalized spacial score (nSPS) is 13.2. The second-order valence-electron chi connectivity index (χ2n) is 5.56. The van der Waals surface area contributed by atoms with Gasteiger partial charge in [-0.3, -0.25) is 4.99 Å². The summed E-state index contributed by atoms with van der Waals surface area (Å²) in [6.45, 7) is 6.88. The highest BCUT2D eigenvalue weighted by atomic mass is 127. The lowest BCUT2D eigenvalue weighted by atomic mass is 10.1. The lowest BCUT2D eigenvalue weighted by Gasteiger charge is -2.13. The van der Waals surface area contributed by atoms with Crippen LogP contribution in [0.15, 0.2) is 22.5 Å². The van der Waals surface area contributed by atoms with Crippen LogP contribution in [0.1, 0.15) is 25.1 Å². The number of thiophene rings is 1. The Hall–Kier alpha value is -0.390. The van der Waals surface area contributed by atoms with E-state index in [9.17, 15) is 8.42 Å². The van der Waals surface area contributed by atoms with Gasteiger partial charge in [-0.25, -0.2) is 13.1 Å². The molecule has 3 N–H and O–H groups in total. The molecule has 0 bridgehead atoms. The molecule has 1 aromatic heterocycles. The lowest BCUT2D eigenvalue weighted by Crippen LogP contribution is -2.39. The number of hydrogen-bond acceptors (Lipinski definition) is 4. The molecule has 6 nitrogen and oxygen atoms in total. The fourth-order valence-electron chi connectivity index (χ4n) is 1.98. The van der Waals surface area contributed by atoms with E-state index in [1.807, 2.05) is 6.92 Å². The number of hydrogen-bond donors (Lipinski definition) is 3. The predicted molar refractivity (Wildman–Crippen MR) is 114 cm³/mol. The summed E-state index contributed by atoms with van der Waals surface area (Å²) in [5, 5.41) is 8.53. The first-order valence-electron chi connectivity index (χ1n) is 7.90. The molecule has 0 aliphatic carbocycles. The van der Waals surface area contributed by atoms with E-state index in [1.54, 1.807) is 11.3 Å². The molecule has 0 spiro atoms. The Labute approximate surface area is 167 Å². The first-order chi connectivity index (χ1) is 10.9. The fourth-order valence-corrected chi connectivity index (χ4v) is 3.36. The van der Waals surface area contributed by atoms with E-state index in [2.05, 4.69) is 44.8 Å². The number of nitrogens with one attached hydrogen (secondary N) is 3. The van der Waals surface area contributed by atoms with Crippen LogP contribution >= 0.6 is 35.3 Å². The Bertz CT molecular complexity index is 562. The van der Waals surface area contributed by atoms with Gasteiger partial charge in [0.1, 0.15) is 0 Å². The molecule has 0 amide bonds. The second kappa shape index (κ2) is 12.9. The van der Waals surface area contributed by atoms with Crippen molar-refractivity contribution >= 4 is 51.3 Å². The average molecular weight is 488 g/mol. The van der Waals surface area contributed by atoms with E-state index in [-0.39, 0.29) is 24.0 Å². The molecule has 1 atom stereocenters. The van der Waals surface area contributed by atoms with Gasteiger partial charge in [0.2, 0.25) is 10.0 Å². The van der Waals surface area contributed by atoms with Crippen LogP contribution < -0.4 is 15.4 Å². The highest BCUT2D eigenvalue weighted by molar-refractivity contribution is 14.0. The summed E-state index contributed by atoms with van der Waals surface area (Å²) in [5.74, 6) is 1.26. The number of aliphatic imine (C=N–C) groups is 1. The van der Waals surface area contributed by atoms with Crippen molar-refractivity contribution in [3.05, 3.63) is 22.4 Å². The molecule has 1 aromatic rings. The van der Waals surface area contributed by atoms with Gasteiger partial charge in [0.05, 0.1) is 6.26 Å². The molecule has 1 heterocycles. The van der Waals surface area contributed by atoms with Crippen molar-refractivity contribution in [2.24, 2.45) is 10.9 Å². The molecule has 1 unspecified atom stereocenters. The van der Waals surface area contributed by atoms with Gasteiger partial charge in [0.25, 0.3) is 0 Å². The van der Waals surface area contributed by atoms with Crippen LogP contribution in [-0.2, 0) is 16.4 Å². The molecule has 0 fully saturated rings. The van der Waals surface area contributed by atoms with Crippen LogP contribution in [0.3, 0.4) is 0 Å². The van der Waals surface area contributed by atoms with E-state index in [0.29, 0.717) is 25.4 Å². The first kappa shape index (κ1) is 23.6. The van der Waals surface area contributed by atoms with E-state index in [0.717, 1.165) is 25.5 Å². The van der Waals surface area contributed by atoms with Crippen molar-refractivity contribution in [2.45, 2.75) is 26.7 Å². The van der Waals surface area contributed by atoms with Gasteiger partial charge < -0.3 is 10.6 Å². The Morgan fingerprint density at radius 1 is 1.33 bits per heavy atom. The molecule has 0 saturated carbocycles. The largest absolute Gasteiger partial charge is 0.357 e. The predicted octanol–water partition coefficient (Wildman–Crippen LogP) is 2.04. The van der Waals surface area contributed by atoms with Crippen LogP contribution in [0, 0.1) is 5.92 Å². The molecule has 140 valence electrons. The third-order valence-electron chi connectivity index (χ3n) is 3.05. The van der Waals surface area contributed by atoms with Gasteiger partial charge >= 0.3 is 0 Å².